The first kappa shape index (κ1) is 27.9. The third kappa shape index (κ3) is 8.44. The van der Waals surface area contributed by atoms with E-state index in [0.29, 0.717) is 35.8 Å². The van der Waals surface area contributed by atoms with Crippen molar-refractivity contribution in [3.8, 4) is 17.2 Å². The monoisotopic (exact) mass is 521 g/mol. The van der Waals surface area contributed by atoms with Crippen molar-refractivity contribution in [1.29, 1.82) is 0 Å². The van der Waals surface area contributed by atoms with Crippen LogP contribution in [0.15, 0.2) is 71.8 Å². The molecule has 3 aromatic rings. The smallest absolute Gasteiger partial charge is 0.343 e. The molecule has 3 aromatic carbocycles. The van der Waals surface area contributed by atoms with Gasteiger partial charge in [-0.1, -0.05) is 6.92 Å². The largest absolute Gasteiger partial charge is 0.494 e. The molecule has 9 nitrogen and oxygen atoms in total. The predicted molar refractivity (Wildman–Crippen MR) is 139 cm³/mol. The summed E-state index contributed by atoms with van der Waals surface area (Å²) in [6.45, 7) is 4.41. The molecule has 0 aliphatic carbocycles. The lowest BCUT2D eigenvalue weighted by Gasteiger charge is -2.12. The molecule has 0 atom stereocenters. The summed E-state index contributed by atoms with van der Waals surface area (Å²) >= 11 is 0. The van der Waals surface area contributed by atoms with Crippen LogP contribution in [-0.4, -0.2) is 43.8 Å². The van der Waals surface area contributed by atoms with Gasteiger partial charge in [0, 0.05) is 5.56 Å². The predicted octanol–water partition coefficient (Wildman–Crippen LogP) is 4.11. The number of hydrazone groups is 1. The summed E-state index contributed by atoms with van der Waals surface area (Å²) in [6, 6.07) is 16.4. The fraction of sp³-hybridized carbons (Fsp3) is 0.214. The van der Waals surface area contributed by atoms with E-state index >= 15 is 0 Å². The van der Waals surface area contributed by atoms with Crippen LogP contribution < -0.4 is 25.0 Å². The number of rotatable bonds is 12. The Hall–Kier alpha value is -4.73. The molecule has 0 radical (unpaired) electrons. The van der Waals surface area contributed by atoms with Crippen molar-refractivity contribution in [2.45, 2.75) is 20.3 Å². The highest BCUT2D eigenvalue weighted by Crippen LogP contribution is 2.29. The van der Waals surface area contributed by atoms with Crippen LogP contribution in [0.25, 0.3) is 0 Å². The Morgan fingerprint density at radius 2 is 1.61 bits per heavy atom. The normalized spacial score (nSPS) is 10.6. The number of carbonyl (C=O) groups is 3. The fourth-order valence-electron chi connectivity index (χ4n) is 3.11. The Labute approximate surface area is 219 Å². The van der Waals surface area contributed by atoms with E-state index in [2.05, 4.69) is 15.8 Å². The van der Waals surface area contributed by atoms with E-state index in [0.717, 1.165) is 18.6 Å². The standard InChI is InChI=1S/C28H28FN3O6/c1-3-15-37-23-12-8-21(9-13-23)28(35)38-24-14-5-19(16-25(24)36-4-2)17-31-32-26(33)18-30-27(34)20-6-10-22(29)11-7-20/h5-14,16-17H,3-4,15,18H2,1-2H3,(H,30,34)(H,32,33)/b31-17+. The topological polar surface area (TPSA) is 115 Å². The van der Waals surface area contributed by atoms with Gasteiger partial charge >= 0.3 is 5.97 Å². The maximum Gasteiger partial charge on any atom is 0.343 e. The van der Waals surface area contributed by atoms with E-state index in [1.807, 2.05) is 6.92 Å². The maximum absolute atomic E-state index is 13.0. The van der Waals surface area contributed by atoms with Crippen LogP contribution in [-0.2, 0) is 4.79 Å². The first-order chi connectivity index (χ1) is 18.4. The molecule has 10 heteroatoms. The lowest BCUT2D eigenvalue weighted by molar-refractivity contribution is -0.120. The number of halogens is 1. The Morgan fingerprint density at radius 3 is 2.29 bits per heavy atom. The molecule has 0 unspecified atom stereocenters. The van der Waals surface area contributed by atoms with Gasteiger partial charge < -0.3 is 19.5 Å². The molecule has 2 amide bonds. The molecule has 0 fully saturated rings. The van der Waals surface area contributed by atoms with Crippen molar-refractivity contribution in [2.75, 3.05) is 19.8 Å². The lowest BCUT2D eigenvalue weighted by atomic mass is 10.2. The van der Waals surface area contributed by atoms with Crippen LogP contribution in [0.5, 0.6) is 17.2 Å². The Kier molecular flexibility index (Phi) is 10.3. The number of nitrogens with one attached hydrogen (secondary N) is 2. The molecule has 0 saturated heterocycles. The highest BCUT2D eigenvalue weighted by molar-refractivity contribution is 5.96. The third-order valence-corrected chi connectivity index (χ3v) is 4.95. The number of esters is 1. The minimum atomic E-state index is -0.557. The summed E-state index contributed by atoms with van der Waals surface area (Å²) in [6.07, 6.45) is 2.26. The lowest BCUT2D eigenvalue weighted by Crippen LogP contribution is -2.34. The number of nitrogens with zero attached hydrogens (tertiary/aromatic N) is 1. The van der Waals surface area contributed by atoms with Crippen LogP contribution in [0.2, 0.25) is 0 Å². The highest BCUT2D eigenvalue weighted by atomic mass is 19.1. The molecule has 38 heavy (non-hydrogen) atoms. The second-order valence-electron chi connectivity index (χ2n) is 7.88. The first-order valence-electron chi connectivity index (χ1n) is 12.0. The van der Waals surface area contributed by atoms with E-state index < -0.39 is 23.6 Å². The molecule has 0 aliphatic rings. The second kappa shape index (κ2) is 14.1. The van der Waals surface area contributed by atoms with Gasteiger partial charge in [-0.25, -0.2) is 14.6 Å². The van der Waals surface area contributed by atoms with Gasteiger partial charge in [0.2, 0.25) is 0 Å². The van der Waals surface area contributed by atoms with E-state index in [-0.39, 0.29) is 17.9 Å². The summed E-state index contributed by atoms with van der Waals surface area (Å²) in [4.78, 5) is 36.6. The van der Waals surface area contributed by atoms with E-state index in [1.165, 1.54) is 18.3 Å². The average Bonchev–Trinajstić information content (AvgIpc) is 2.92. The van der Waals surface area contributed by atoms with E-state index in [9.17, 15) is 18.8 Å². The summed E-state index contributed by atoms with van der Waals surface area (Å²) in [5.41, 5.74) is 3.46. The van der Waals surface area contributed by atoms with Crippen molar-refractivity contribution in [1.82, 2.24) is 10.7 Å². The van der Waals surface area contributed by atoms with Crippen molar-refractivity contribution >= 4 is 24.0 Å². The zero-order valence-corrected chi connectivity index (χ0v) is 21.0. The number of hydrogen-bond donors (Lipinski definition) is 2. The Morgan fingerprint density at radius 1 is 0.895 bits per heavy atom. The van der Waals surface area contributed by atoms with Gasteiger partial charge in [0.1, 0.15) is 11.6 Å². The summed E-state index contributed by atoms with van der Waals surface area (Å²) < 4.78 is 29.6. The molecular weight excluding hydrogens is 493 g/mol. The Bertz CT molecular complexity index is 1280. The van der Waals surface area contributed by atoms with Gasteiger partial charge in [-0.2, -0.15) is 5.10 Å². The minimum absolute atomic E-state index is 0.227. The Balaban J connectivity index is 1.55. The average molecular weight is 522 g/mol. The van der Waals surface area contributed by atoms with Gasteiger partial charge in [0.15, 0.2) is 11.5 Å². The van der Waals surface area contributed by atoms with Crippen LogP contribution in [0, 0.1) is 5.82 Å². The van der Waals surface area contributed by atoms with Gasteiger partial charge in [-0.3, -0.25) is 9.59 Å². The number of ether oxygens (including phenoxy) is 3. The minimum Gasteiger partial charge on any atom is -0.494 e. The van der Waals surface area contributed by atoms with Crippen LogP contribution >= 0.6 is 0 Å². The molecule has 0 saturated carbocycles. The van der Waals surface area contributed by atoms with Crippen molar-refractivity contribution in [3.63, 3.8) is 0 Å². The number of benzene rings is 3. The van der Waals surface area contributed by atoms with Gasteiger partial charge in [-0.15, -0.1) is 0 Å². The first-order valence-corrected chi connectivity index (χ1v) is 12.0. The zero-order chi connectivity index (χ0) is 27.3. The molecule has 0 aliphatic heterocycles. The van der Waals surface area contributed by atoms with Crippen molar-refractivity contribution in [3.05, 3.63) is 89.2 Å². The quantitative estimate of drug-likeness (QED) is 0.160. The van der Waals surface area contributed by atoms with Gasteiger partial charge in [0.25, 0.3) is 11.8 Å². The molecule has 0 aromatic heterocycles. The number of amides is 2. The maximum atomic E-state index is 13.0. The van der Waals surface area contributed by atoms with Crippen LogP contribution in [0.4, 0.5) is 4.39 Å². The van der Waals surface area contributed by atoms with Crippen LogP contribution in [0.3, 0.4) is 0 Å². The zero-order valence-electron chi connectivity index (χ0n) is 21.0. The molecule has 0 heterocycles. The van der Waals surface area contributed by atoms with Crippen molar-refractivity contribution < 1.29 is 33.0 Å². The summed E-state index contributed by atoms with van der Waals surface area (Å²) in [7, 11) is 0. The molecule has 0 bridgehead atoms. The molecule has 0 spiro atoms. The molecule has 3 rings (SSSR count). The van der Waals surface area contributed by atoms with Gasteiger partial charge in [0.05, 0.1) is 31.5 Å². The fourth-order valence-corrected chi connectivity index (χ4v) is 3.11. The van der Waals surface area contributed by atoms with Crippen LogP contribution in [0.1, 0.15) is 46.5 Å². The van der Waals surface area contributed by atoms with Gasteiger partial charge in [-0.05, 0) is 85.6 Å². The second-order valence-corrected chi connectivity index (χ2v) is 7.88. The summed E-state index contributed by atoms with van der Waals surface area (Å²) in [5.74, 6) is -0.864. The number of hydrogen-bond acceptors (Lipinski definition) is 7. The number of carbonyl (C=O) groups excluding carboxylic acids is 3. The summed E-state index contributed by atoms with van der Waals surface area (Å²) in [5, 5.41) is 6.29. The molecular formula is C28H28FN3O6. The van der Waals surface area contributed by atoms with Crippen molar-refractivity contribution in [2.24, 2.45) is 5.10 Å². The van der Waals surface area contributed by atoms with E-state index in [4.69, 9.17) is 14.2 Å². The van der Waals surface area contributed by atoms with E-state index in [1.54, 1.807) is 49.4 Å². The molecule has 2 N–H and O–H groups in total. The third-order valence-electron chi connectivity index (χ3n) is 4.95. The SMILES string of the molecule is CCCOc1ccc(C(=O)Oc2ccc(/C=N/NC(=O)CNC(=O)c3ccc(F)cc3)cc2OCC)cc1. The molecule has 198 valence electrons. The highest BCUT2D eigenvalue weighted by Gasteiger charge is 2.14.